The molecule has 0 saturated heterocycles. The number of rotatable bonds is 8. The van der Waals surface area contributed by atoms with Crippen LogP contribution in [0.3, 0.4) is 0 Å². The molecule has 3 aliphatic rings. The van der Waals surface area contributed by atoms with E-state index in [0.29, 0.717) is 16.6 Å². The Hall–Kier alpha value is -2.42. The lowest BCUT2D eigenvalue weighted by Crippen LogP contribution is -2.53. The molecule has 0 aliphatic heterocycles. The van der Waals surface area contributed by atoms with E-state index < -0.39 is 17.4 Å². The van der Waals surface area contributed by atoms with E-state index in [4.69, 9.17) is 27.9 Å². The summed E-state index contributed by atoms with van der Waals surface area (Å²) in [7, 11) is 0. The number of hydrogen-bond acceptors (Lipinski definition) is 6. The third kappa shape index (κ3) is 5.88. The van der Waals surface area contributed by atoms with Gasteiger partial charge in [-0.15, -0.1) is 0 Å². The van der Waals surface area contributed by atoms with E-state index >= 15 is 0 Å². The molecule has 10 heteroatoms. The number of carbonyl (C=O) groups is 3. The number of nitrogens with zero attached hydrogens (tertiary/aromatic N) is 1. The average molecular weight is 635 g/mol. The Morgan fingerprint density at radius 1 is 1.03 bits per heavy atom. The second-order valence-corrected chi connectivity index (χ2v) is 12.1. The number of Topliss-reactive ketones (excluding diaryl/α,β-unsaturated/α-hetero) is 1. The van der Waals surface area contributed by atoms with Crippen LogP contribution in [0.4, 0.5) is 5.69 Å². The topological polar surface area (TPSA) is 97.4 Å². The van der Waals surface area contributed by atoms with Crippen LogP contribution < -0.4 is 10.6 Å². The van der Waals surface area contributed by atoms with E-state index in [9.17, 15) is 14.4 Å². The Balaban J connectivity index is 1.32. The number of aromatic nitrogens is 1. The summed E-state index contributed by atoms with van der Waals surface area (Å²) >= 11 is 15.7. The first-order chi connectivity index (χ1) is 18.8. The number of halogens is 3. The Labute approximate surface area is 246 Å². The number of ketones is 1. The fraction of sp³-hybridized carbons (Fsp3) is 0.448. The van der Waals surface area contributed by atoms with Crippen LogP contribution in [0.25, 0.3) is 0 Å². The normalized spacial score (nSPS) is 19.5. The molecule has 2 aromatic rings. The molecule has 2 saturated carbocycles. The summed E-state index contributed by atoms with van der Waals surface area (Å²) in [6.45, 7) is 0. The zero-order valence-electron chi connectivity index (χ0n) is 21.4. The van der Waals surface area contributed by atoms with Gasteiger partial charge in [-0.2, -0.15) is 0 Å². The molecule has 1 aromatic heterocycles. The molecule has 2 fully saturated rings. The van der Waals surface area contributed by atoms with Gasteiger partial charge in [0.2, 0.25) is 0 Å². The first-order valence-corrected chi connectivity index (χ1v) is 14.9. The Morgan fingerprint density at radius 3 is 2.31 bits per heavy atom. The predicted molar refractivity (Wildman–Crippen MR) is 154 cm³/mol. The maximum atomic E-state index is 13.4. The van der Waals surface area contributed by atoms with Gasteiger partial charge in [-0.05, 0) is 72.2 Å². The van der Waals surface area contributed by atoms with Gasteiger partial charge in [0.15, 0.2) is 5.78 Å². The maximum absolute atomic E-state index is 13.4. The summed E-state index contributed by atoms with van der Waals surface area (Å²) in [5.41, 5.74) is 1.90. The molecule has 1 atom stereocenters. The predicted octanol–water partition coefficient (Wildman–Crippen LogP) is 6.77. The molecule has 206 valence electrons. The van der Waals surface area contributed by atoms with Gasteiger partial charge >= 0.3 is 5.97 Å². The first-order valence-electron chi connectivity index (χ1n) is 13.4. The number of benzene rings is 1. The molecule has 0 radical (unpaired) electrons. The van der Waals surface area contributed by atoms with Crippen molar-refractivity contribution in [3.8, 4) is 0 Å². The molecule has 2 N–H and O–H groups in total. The summed E-state index contributed by atoms with van der Waals surface area (Å²) in [5.74, 6) is -0.620. The summed E-state index contributed by atoms with van der Waals surface area (Å²) < 4.78 is 6.43. The fourth-order valence-corrected chi connectivity index (χ4v) is 7.23. The SMILES string of the molecule is O=C(Nc1ccc(CC(NC2=C(Br)C(=O)C23CCCCC3)C(=O)OC2CCCC2)cc1)c1c(Cl)cncc1Cl. The van der Waals surface area contributed by atoms with Crippen LogP contribution in [-0.4, -0.2) is 34.8 Å². The van der Waals surface area contributed by atoms with Crippen molar-refractivity contribution in [1.29, 1.82) is 0 Å². The number of nitrogens with one attached hydrogen (secondary N) is 2. The molecule has 1 spiro atoms. The molecule has 0 bridgehead atoms. The van der Waals surface area contributed by atoms with Gasteiger partial charge in [0.05, 0.1) is 25.5 Å². The Morgan fingerprint density at radius 2 is 1.67 bits per heavy atom. The van der Waals surface area contributed by atoms with Crippen molar-refractivity contribution in [2.24, 2.45) is 5.41 Å². The Bertz CT molecular complexity index is 1280. The third-order valence-electron chi connectivity index (χ3n) is 7.96. The van der Waals surface area contributed by atoms with Crippen LogP contribution in [-0.2, 0) is 20.7 Å². The van der Waals surface area contributed by atoms with Gasteiger partial charge in [0.25, 0.3) is 5.91 Å². The first kappa shape index (κ1) is 28.1. The summed E-state index contributed by atoms with van der Waals surface area (Å²) in [5, 5.41) is 6.55. The van der Waals surface area contributed by atoms with Crippen molar-refractivity contribution in [1.82, 2.24) is 10.3 Å². The van der Waals surface area contributed by atoms with Crippen LogP contribution in [0.1, 0.15) is 73.7 Å². The smallest absolute Gasteiger partial charge is 0.329 e. The van der Waals surface area contributed by atoms with Crippen molar-refractivity contribution < 1.29 is 19.1 Å². The molecule has 1 unspecified atom stereocenters. The van der Waals surface area contributed by atoms with E-state index in [2.05, 4.69) is 31.5 Å². The highest BCUT2D eigenvalue weighted by atomic mass is 79.9. The number of allylic oxidation sites excluding steroid dienone is 2. The molecule has 1 heterocycles. The van der Waals surface area contributed by atoms with Crippen LogP contribution >= 0.6 is 39.1 Å². The van der Waals surface area contributed by atoms with E-state index in [1.807, 2.05) is 12.1 Å². The number of carbonyl (C=O) groups excluding carboxylic acids is 3. The molecule has 1 aromatic carbocycles. The molecule has 5 rings (SSSR count). The molecule has 3 aliphatic carbocycles. The minimum atomic E-state index is -0.644. The van der Waals surface area contributed by atoms with Crippen LogP contribution in [0.15, 0.2) is 46.8 Å². The van der Waals surface area contributed by atoms with Crippen LogP contribution in [0.5, 0.6) is 0 Å². The standard InChI is InChI=1S/C29H30BrCl2N3O4/c30-24-25(29(26(24)36)12-4-1-5-13-29)35-22(28(38)39-19-6-2-3-7-19)14-17-8-10-18(11-9-17)34-27(37)23-20(31)15-33-16-21(23)32/h8-11,15-16,19,22,35H,1-7,12-14H2,(H,34,37). The highest BCUT2D eigenvalue weighted by Gasteiger charge is 2.54. The van der Waals surface area contributed by atoms with E-state index in [1.54, 1.807) is 12.1 Å². The largest absolute Gasteiger partial charge is 0.461 e. The maximum Gasteiger partial charge on any atom is 0.329 e. The average Bonchev–Trinajstić information content (AvgIpc) is 3.44. The quantitative estimate of drug-likeness (QED) is 0.311. The highest BCUT2D eigenvalue weighted by molar-refractivity contribution is 9.12. The van der Waals surface area contributed by atoms with Crippen molar-refractivity contribution in [3.63, 3.8) is 0 Å². The van der Waals surface area contributed by atoms with E-state index in [1.165, 1.54) is 12.4 Å². The van der Waals surface area contributed by atoms with Gasteiger partial charge in [-0.25, -0.2) is 4.79 Å². The fourth-order valence-electron chi connectivity index (χ4n) is 5.82. The highest BCUT2D eigenvalue weighted by Crippen LogP contribution is 2.53. The molecule has 7 nitrogen and oxygen atoms in total. The lowest BCUT2D eigenvalue weighted by atomic mass is 9.62. The Kier molecular flexibility index (Phi) is 8.64. The number of pyridine rings is 1. The minimum Gasteiger partial charge on any atom is -0.461 e. The molecular weight excluding hydrogens is 605 g/mol. The van der Waals surface area contributed by atoms with Crippen molar-refractivity contribution in [3.05, 3.63) is 68.0 Å². The summed E-state index contributed by atoms with van der Waals surface area (Å²) in [4.78, 5) is 42.9. The third-order valence-corrected chi connectivity index (χ3v) is 9.29. The van der Waals surface area contributed by atoms with Crippen LogP contribution in [0, 0.1) is 5.41 Å². The monoisotopic (exact) mass is 633 g/mol. The van der Waals surface area contributed by atoms with Gasteiger partial charge in [0.1, 0.15) is 12.1 Å². The van der Waals surface area contributed by atoms with E-state index in [-0.39, 0.29) is 33.5 Å². The number of hydrogen-bond donors (Lipinski definition) is 2. The molecule has 39 heavy (non-hydrogen) atoms. The van der Waals surface area contributed by atoms with Crippen LogP contribution in [0.2, 0.25) is 10.0 Å². The zero-order chi connectivity index (χ0) is 27.6. The molecule has 1 amide bonds. The van der Waals surface area contributed by atoms with Crippen molar-refractivity contribution in [2.75, 3.05) is 5.32 Å². The minimum absolute atomic E-state index is 0.0599. The summed E-state index contributed by atoms with van der Waals surface area (Å²) in [6.07, 6.45) is 11.6. The number of amides is 1. The number of anilines is 1. The van der Waals surface area contributed by atoms with Crippen molar-refractivity contribution >= 4 is 62.5 Å². The van der Waals surface area contributed by atoms with Gasteiger partial charge in [0, 0.05) is 30.2 Å². The summed E-state index contributed by atoms with van der Waals surface area (Å²) in [6, 6.07) is 6.60. The van der Waals surface area contributed by atoms with Crippen molar-refractivity contribution in [2.45, 2.75) is 76.4 Å². The second-order valence-electron chi connectivity index (χ2n) is 10.5. The lowest BCUT2D eigenvalue weighted by Gasteiger charge is -2.46. The number of ether oxygens (including phenoxy) is 1. The molecular formula is C29H30BrCl2N3O4. The second kappa shape index (κ2) is 12.0. The van der Waals surface area contributed by atoms with Gasteiger partial charge in [-0.3, -0.25) is 14.6 Å². The lowest BCUT2D eigenvalue weighted by molar-refractivity contribution is -0.151. The number of esters is 1. The van der Waals surface area contributed by atoms with E-state index in [0.717, 1.165) is 69.0 Å². The zero-order valence-corrected chi connectivity index (χ0v) is 24.5. The van der Waals surface area contributed by atoms with Gasteiger partial charge < -0.3 is 15.4 Å². The van der Waals surface area contributed by atoms with Gasteiger partial charge in [-0.1, -0.05) is 54.6 Å².